The number of nitrogens with zero attached hydrogens (tertiary/aromatic N) is 1. The van der Waals surface area contributed by atoms with E-state index >= 15 is 0 Å². The summed E-state index contributed by atoms with van der Waals surface area (Å²) in [6.07, 6.45) is 0.420. The van der Waals surface area contributed by atoms with Gasteiger partial charge in [-0.15, -0.1) is 0 Å². The molecule has 0 heterocycles. The molecule has 1 unspecified atom stereocenters. The predicted molar refractivity (Wildman–Crippen MR) is 133 cm³/mol. The van der Waals surface area contributed by atoms with Crippen LogP contribution in [0.4, 0.5) is 4.79 Å². The normalized spacial score (nSPS) is 12.2. The average molecular weight is 446 g/mol. The minimum absolute atomic E-state index is 0.00261. The Bertz CT molecular complexity index is 1030. The van der Waals surface area contributed by atoms with Gasteiger partial charge in [-0.05, 0) is 47.1 Å². The van der Waals surface area contributed by atoms with Gasteiger partial charge in [0.25, 0.3) is 0 Å². The van der Waals surface area contributed by atoms with Gasteiger partial charge in [-0.2, -0.15) is 0 Å². The third kappa shape index (κ3) is 7.11. The van der Waals surface area contributed by atoms with Crippen LogP contribution in [0.3, 0.4) is 0 Å². The molecule has 0 N–H and O–H groups in total. The second-order valence-electron chi connectivity index (χ2n) is 9.56. The summed E-state index contributed by atoms with van der Waals surface area (Å²) in [6, 6.07) is 26.3. The van der Waals surface area contributed by atoms with Crippen LogP contribution in [0.25, 0.3) is 0 Å². The molecule has 1 atom stereocenters. The fraction of sp³-hybridized carbons (Fsp3) is 0.345. The zero-order chi connectivity index (χ0) is 23.8. The molecule has 0 saturated heterocycles. The molecular weight excluding hydrogens is 410 g/mol. The SMILES string of the molecule is CC(Cc1ccc(OCc2ccccc2)c(C(C)(C)C)c1)N(C)C(=O)OCc1ccccc1. The van der Waals surface area contributed by atoms with Crippen molar-refractivity contribution < 1.29 is 14.3 Å². The first kappa shape index (κ1) is 24.4. The first-order chi connectivity index (χ1) is 15.7. The molecule has 3 aromatic rings. The van der Waals surface area contributed by atoms with Crippen LogP contribution in [0.5, 0.6) is 5.75 Å². The highest BCUT2D eigenvalue weighted by Crippen LogP contribution is 2.33. The minimum atomic E-state index is -0.315. The highest BCUT2D eigenvalue weighted by Gasteiger charge is 2.22. The van der Waals surface area contributed by atoms with E-state index in [1.54, 1.807) is 11.9 Å². The second-order valence-corrected chi connectivity index (χ2v) is 9.56. The zero-order valence-corrected chi connectivity index (χ0v) is 20.4. The molecule has 0 aliphatic rings. The van der Waals surface area contributed by atoms with E-state index in [0.717, 1.165) is 28.9 Å². The van der Waals surface area contributed by atoms with Crippen molar-refractivity contribution in [2.75, 3.05) is 7.05 Å². The summed E-state index contributed by atoms with van der Waals surface area (Å²) in [5, 5.41) is 0. The molecule has 174 valence electrons. The second kappa shape index (κ2) is 11.0. The Hall–Kier alpha value is -3.27. The van der Waals surface area contributed by atoms with Gasteiger partial charge in [0.05, 0.1) is 0 Å². The van der Waals surface area contributed by atoms with Gasteiger partial charge in [0.1, 0.15) is 19.0 Å². The highest BCUT2D eigenvalue weighted by molar-refractivity contribution is 5.67. The molecule has 0 fully saturated rings. The maximum atomic E-state index is 12.5. The van der Waals surface area contributed by atoms with E-state index in [2.05, 4.69) is 51.1 Å². The van der Waals surface area contributed by atoms with Crippen LogP contribution in [0, 0.1) is 0 Å². The molecule has 0 radical (unpaired) electrons. The number of benzene rings is 3. The van der Waals surface area contributed by atoms with Crippen molar-refractivity contribution in [3.05, 3.63) is 101 Å². The van der Waals surface area contributed by atoms with Crippen LogP contribution in [-0.2, 0) is 29.8 Å². The molecular formula is C29H35NO3. The lowest BCUT2D eigenvalue weighted by Gasteiger charge is -2.27. The van der Waals surface area contributed by atoms with Gasteiger partial charge in [0.2, 0.25) is 0 Å². The van der Waals surface area contributed by atoms with Crippen molar-refractivity contribution in [2.45, 2.75) is 58.8 Å². The molecule has 4 heteroatoms. The van der Waals surface area contributed by atoms with E-state index in [0.29, 0.717) is 6.61 Å². The first-order valence-corrected chi connectivity index (χ1v) is 11.5. The number of rotatable bonds is 8. The monoisotopic (exact) mass is 445 g/mol. The van der Waals surface area contributed by atoms with E-state index in [9.17, 15) is 4.79 Å². The summed E-state index contributed by atoms with van der Waals surface area (Å²) in [5.41, 5.74) is 4.39. The van der Waals surface area contributed by atoms with Crippen LogP contribution in [0.2, 0.25) is 0 Å². The molecule has 0 aromatic heterocycles. The third-order valence-corrected chi connectivity index (χ3v) is 5.77. The van der Waals surface area contributed by atoms with Crippen molar-refractivity contribution in [3.8, 4) is 5.75 Å². The fourth-order valence-corrected chi connectivity index (χ4v) is 3.63. The lowest BCUT2D eigenvalue weighted by molar-refractivity contribution is 0.0935. The van der Waals surface area contributed by atoms with Gasteiger partial charge in [0.15, 0.2) is 0 Å². The summed E-state index contributed by atoms with van der Waals surface area (Å²) >= 11 is 0. The molecule has 3 aromatic carbocycles. The van der Waals surface area contributed by atoms with Crippen LogP contribution in [0.15, 0.2) is 78.9 Å². The maximum absolute atomic E-state index is 12.5. The average Bonchev–Trinajstić information content (AvgIpc) is 2.81. The maximum Gasteiger partial charge on any atom is 0.410 e. The Kier molecular flexibility index (Phi) is 8.16. The van der Waals surface area contributed by atoms with Crippen molar-refractivity contribution in [3.63, 3.8) is 0 Å². The minimum Gasteiger partial charge on any atom is -0.489 e. The Labute approximate surface area is 198 Å². The lowest BCUT2D eigenvalue weighted by Crippen LogP contribution is -2.36. The molecule has 1 amide bonds. The molecule has 0 saturated carbocycles. The van der Waals surface area contributed by atoms with Gasteiger partial charge in [-0.3, -0.25) is 0 Å². The third-order valence-electron chi connectivity index (χ3n) is 5.77. The number of hydrogen-bond donors (Lipinski definition) is 0. The number of hydrogen-bond acceptors (Lipinski definition) is 3. The van der Waals surface area contributed by atoms with Gasteiger partial charge in [0, 0.05) is 13.1 Å². The van der Waals surface area contributed by atoms with Crippen molar-refractivity contribution in [2.24, 2.45) is 0 Å². The number of likely N-dealkylation sites (N-methyl/N-ethyl adjacent to an activating group) is 1. The van der Waals surface area contributed by atoms with Gasteiger partial charge < -0.3 is 14.4 Å². The molecule has 0 bridgehead atoms. The predicted octanol–water partition coefficient (Wildman–Crippen LogP) is 6.76. The van der Waals surface area contributed by atoms with E-state index in [4.69, 9.17) is 9.47 Å². The summed E-state index contributed by atoms with van der Waals surface area (Å²) < 4.78 is 11.7. The summed E-state index contributed by atoms with van der Waals surface area (Å²) in [6.45, 7) is 9.43. The molecule has 0 aliphatic heterocycles. The molecule has 3 rings (SSSR count). The van der Waals surface area contributed by atoms with E-state index in [1.165, 1.54) is 5.56 Å². The van der Waals surface area contributed by atoms with E-state index < -0.39 is 0 Å². The number of carbonyl (C=O) groups excluding carboxylic acids is 1. The summed E-state index contributed by atoms with van der Waals surface area (Å²) in [5.74, 6) is 0.901. The Morgan fingerprint density at radius 2 is 1.42 bits per heavy atom. The largest absolute Gasteiger partial charge is 0.489 e. The van der Waals surface area contributed by atoms with Gasteiger partial charge in [-0.25, -0.2) is 4.79 Å². The van der Waals surface area contributed by atoms with Crippen LogP contribution in [-0.4, -0.2) is 24.1 Å². The smallest absolute Gasteiger partial charge is 0.410 e. The number of amides is 1. The van der Waals surface area contributed by atoms with Crippen LogP contribution < -0.4 is 4.74 Å². The Morgan fingerprint density at radius 3 is 2.00 bits per heavy atom. The first-order valence-electron chi connectivity index (χ1n) is 11.5. The van der Waals surface area contributed by atoms with Crippen molar-refractivity contribution >= 4 is 6.09 Å². The molecule has 0 aliphatic carbocycles. The Balaban J connectivity index is 1.64. The Morgan fingerprint density at radius 1 is 0.848 bits per heavy atom. The quantitative estimate of drug-likeness (QED) is 0.384. The van der Waals surface area contributed by atoms with Crippen molar-refractivity contribution in [1.29, 1.82) is 0 Å². The summed E-state index contributed by atoms with van der Waals surface area (Å²) in [7, 11) is 1.79. The lowest BCUT2D eigenvalue weighted by atomic mass is 9.84. The number of carbonyl (C=O) groups is 1. The zero-order valence-electron chi connectivity index (χ0n) is 20.4. The molecule has 33 heavy (non-hydrogen) atoms. The number of ether oxygens (including phenoxy) is 2. The van der Waals surface area contributed by atoms with Gasteiger partial charge in [-0.1, -0.05) is 93.6 Å². The highest BCUT2D eigenvalue weighted by atomic mass is 16.6. The van der Waals surface area contributed by atoms with Crippen molar-refractivity contribution in [1.82, 2.24) is 4.90 Å². The van der Waals surface area contributed by atoms with Gasteiger partial charge >= 0.3 is 6.09 Å². The fourth-order valence-electron chi connectivity index (χ4n) is 3.63. The van der Waals surface area contributed by atoms with E-state index in [-0.39, 0.29) is 24.2 Å². The van der Waals surface area contributed by atoms with Crippen LogP contribution in [0.1, 0.15) is 49.9 Å². The van der Waals surface area contributed by atoms with Crippen LogP contribution >= 0.6 is 0 Å². The standard InChI is InChI=1S/C29H35NO3/c1-22(30(5)28(31)33-21-24-14-10-7-11-15-24)18-25-16-17-27(26(19-25)29(2,3)4)32-20-23-12-8-6-9-13-23/h6-17,19,22H,18,20-21H2,1-5H3. The molecule has 0 spiro atoms. The topological polar surface area (TPSA) is 38.8 Å². The van der Waals surface area contributed by atoms with E-state index in [1.807, 2.05) is 55.5 Å². The molecule has 4 nitrogen and oxygen atoms in total. The summed E-state index contributed by atoms with van der Waals surface area (Å²) in [4.78, 5) is 14.2.